The third kappa shape index (κ3) is 8.26. The number of hydrogen-bond acceptors (Lipinski definition) is 4. The van der Waals surface area contributed by atoms with Gasteiger partial charge in [-0.1, -0.05) is 30.3 Å². The normalized spacial score (nSPS) is 17.3. The molecule has 39 heavy (non-hydrogen) atoms. The van der Waals surface area contributed by atoms with Crippen molar-refractivity contribution in [3.05, 3.63) is 65.5 Å². The molecule has 210 valence electrons. The first-order chi connectivity index (χ1) is 18.1. The fourth-order valence-corrected chi connectivity index (χ4v) is 4.16. The fourth-order valence-electron chi connectivity index (χ4n) is 4.16. The molecular weight excluding hydrogens is 537 g/mol. The summed E-state index contributed by atoms with van der Waals surface area (Å²) < 4.78 is 91.3. The second-order valence-corrected chi connectivity index (χ2v) is 8.86. The Bertz CT molecular complexity index is 1260. The number of aliphatic imine (C=N–C) groups is 1. The fraction of sp³-hybridized carbons (Fsp3) is 0.360. The summed E-state index contributed by atoms with van der Waals surface area (Å²) in [7, 11) is 0. The standard InChI is InChI=1S/C25H23F7N4O3/c26-14-5-3-4-13(12-14)19-17-6-1-2-7-18(17)34-23(39)21(35-19)36-22(38)16(9-11-25(30,31)32)15(20(33)37)8-10-24(27,28)29/h1-7,12,15-16,21H,8-11H2,(H2,33,37)(H,34,39)(H,36,38)/t15-,16+,21+/m0/s1. The molecule has 7 nitrogen and oxygen atoms in total. The minimum absolute atomic E-state index is 0.0455. The van der Waals surface area contributed by atoms with Crippen LogP contribution in [0.3, 0.4) is 0 Å². The third-order valence-corrected chi connectivity index (χ3v) is 5.99. The van der Waals surface area contributed by atoms with Crippen LogP contribution >= 0.6 is 0 Å². The second kappa shape index (κ2) is 11.8. The van der Waals surface area contributed by atoms with E-state index in [1.807, 2.05) is 0 Å². The Hall–Kier alpha value is -3.97. The zero-order chi connectivity index (χ0) is 29.0. The van der Waals surface area contributed by atoms with E-state index in [2.05, 4.69) is 15.6 Å². The number of anilines is 1. The number of amides is 3. The van der Waals surface area contributed by atoms with Gasteiger partial charge in [-0.3, -0.25) is 14.4 Å². The average Bonchev–Trinajstić information content (AvgIpc) is 2.95. The molecule has 14 heteroatoms. The number of halogens is 7. The van der Waals surface area contributed by atoms with Crippen molar-refractivity contribution in [3.8, 4) is 0 Å². The van der Waals surface area contributed by atoms with E-state index in [1.54, 1.807) is 18.2 Å². The number of benzodiazepines with no additional fused rings is 1. The molecule has 0 saturated heterocycles. The van der Waals surface area contributed by atoms with Crippen LogP contribution in [0.15, 0.2) is 53.5 Å². The number of nitrogens with one attached hydrogen (secondary N) is 2. The summed E-state index contributed by atoms with van der Waals surface area (Å²) in [5.74, 6) is -8.15. The Balaban J connectivity index is 1.99. The van der Waals surface area contributed by atoms with E-state index in [1.165, 1.54) is 18.2 Å². The van der Waals surface area contributed by atoms with Crippen LogP contribution in [0.25, 0.3) is 0 Å². The maximum Gasteiger partial charge on any atom is 0.389 e. The minimum atomic E-state index is -4.80. The average molecular weight is 560 g/mol. The first kappa shape index (κ1) is 29.6. The number of alkyl halides is 6. The van der Waals surface area contributed by atoms with Crippen molar-refractivity contribution in [2.24, 2.45) is 22.6 Å². The summed E-state index contributed by atoms with van der Waals surface area (Å²) in [6, 6.07) is 11.3. The number of nitrogens with two attached hydrogens (primary N) is 1. The van der Waals surface area contributed by atoms with Crippen molar-refractivity contribution >= 4 is 29.1 Å². The molecule has 0 saturated carbocycles. The molecule has 3 rings (SSSR count). The van der Waals surface area contributed by atoms with Gasteiger partial charge in [0.25, 0.3) is 5.91 Å². The number of nitrogens with zero attached hydrogens (tertiary/aromatic N) is 1. The van der Waals surface area contributed by atoms with E-state index in [4.69, 9.17) is 5.73 Å². The van der Waals surface area contributed by atoms with E-state index in [0.29, 0.717) is 5.56 Å². The quantitative estimate of drug-likeness (QED) is 0.394. The van der Waals surface area contributed by atoms with Crippen molar-refractivity contribution < 1.29 is 45.1 Å². The minimum Gasteiger partial charge on any atom is -0.369 e. The van der Waals surface area contributed by atoms with Gasteiger partial charge in [-0.25, -0.2) is 9.38 Å². The molecule has 1 aliphatic rings. The van der Waals surface area contributed by atoms with Crippen molar-refractivity contribution in [2.75, 3.05) is 5.32 Å². The summed E-state index contributed by atoms with van der Waals surface area (Å²) in [5, 5.41) is 4.64. The summed E-state index contributed by atoms with van der Waals surface area (Å²) >= 11 is 0. The summed E-state index contributed by atoms with van der Waals surface area (Å²) in [5.41, 5.74) is 6.00. The first-order valence-corrected chi connectivity index (χ1v) is 11.6. The van der Waals surface area contributed by atoms with Crippen molar-refractivity contribution in [3.63, 3.8) is 0 Å². The molecule has 0 aromatic heterocycles. The Morgan fingerprint density at radius 3 is 2.15 bits per heavy atom. The highest BCUT2D eigenvalue weighted by Gasteiger charge is 2.40. The Labute approximate surface area is 217 Å². The summed E-state index contributed by atoms with van der Waals surface area (Å²) in [6.45, 7) is 0. The van der Waals surface area contributed by atoms with Gasteiger partial charge >= 0.3 is 12.4 Å². The maximum atomic E-state index is 14.0. The topological polar surface area (TPSA) is 114 Å². The molecule has 3 atom stereocenters. The van der Waals surface area contributed by atoms with Crippen LogP contribution in [0.5, 0.6) is 0 Å². The zero-order valence-electron chi connectivity index (χ0n) is 20.1. The molecule has 1 heterocycles. The Morgan fingerprint density at radius 2 is 1.56 bits per heavy atom. The summed E-state index contributed by atoms with van der Waals surface area (Å²) in [4.78, 5) is 42.3. The third-order valence-electron chi connectivity index (χ3n) is 5.99. The van der Waals surface area contributed by atoms with Gasteiger partial charge in [-0.2, -0.15) is 26.3 Å². The molecule has 0 bridgehead atoms. The lowest BCUT2D eigenvalue weighted by molar-refractivity contribution is -0.152. The number of fused-ring (bicyclic) bond motifs is 1. The van der Waals surface area contributed by atoms with E-state index < -0.39 is 79.6 Å². The zero-order valence-corrected chi connectivity index (χ0v) is 20.1. The number of benzene rings is 2. The van der Waals surface area contributed by atoms with Crippen LogP contribution in [0, 0.1) is 17.7 Å². The number of rotatable bonds is 9. The molecular formula is C25H23F7N4O3. The second-order valence-electron chi connectivity index (χ2n) is 8.86. The van der Waals surface area contributed by atoms with Gasteiger partial charge in [0.15, 0.2) is 0 Å². The molecule has 0 fully saturated rings. The molecule has 0 radical (unpaired) electrons. The predicted octanol–water partition coefficient (Wildman–Crippen LogP) is 4.46. The van der Waals surface area contributed by atoms with Crippen LogP contribution in [0.1, 0.15) is 36.8 Å². The maximum absolute atomic E-state index is 14.0. The lowest BCUT2D eigenvalue weighted by Gasteiger charge is -2.26. The van der Waals surface area contributed by atoms with Crippen LogP contribution in [-0.4, -0.2) is 42.0 Å². The van der Waals surface area contributed by atoms with Crippen LogP contribution in [0.4, 0.5) is 36.4 Å². The van der Waals surface area contributed by atoms with Gasteiger partial charge < -0.3 is 16.4 Å². The Morgan fingerprint density at radius 1 is 0.949 bits per heavy atom. The molecule has 4 N–H and O–H groups in total. The smallest absolute Gasteiger partial charge is 0.369 e. The first-order valence-electron chi connectivity index (χ1n) is 11.6. The largest absolute Gasteiger partial charge is 0.389 e. The van der Waals surface area contributed by atoms with Gasteiger partial charge in [-0.15, -0.1) is 0 Å². The van der Waals surface area contributed by atoms with Crippen LogP contribution < -0.4 is 16.4 Å². The van der Waals surface area contributed by atoms with Crippen LogP contribution in [-0.2, 0) is 14.4 Å². The summed E-state index contributed by atoms with van der Waals surface area (Å²) in [6.07, 6.45) is -16.6. The molecule has 3 amide bonds. The van der Waals surface area contributed by atoms with Crippen molar-refractivity contribution in [1.82, 2.24) is 5.32 Å². The Kier molecular flexibility index (Phi) is 8.97. The molecule has 0 spiro atoms. The number of carbonyl (C=O) groups excluding carboxylic acids is 3. The lowest BCUT2D eigenvalue weighted by atomic mass is 9.83. The van der Waals surface area contributed by atoms with E-state index in [9.17, 15) is 45.1 Å². The highest BCUT2D eigenvalue weighted by atomic mass is 19.4. The van der Waals surface area contributed by atoms with Gasteiger partial charge in [-0.05, 0) is 31.0 Å². The van der Waals surface area contributed by atoms with Gasteiger partial charge in [0.2, 0.25) is 18.0 Å². The van der Waals surface area contributed by atoms with Crippen molar-refractivity contribution in [2.45, 2.75) is 44.2 Å². The van der Waals surface area contributed by atoms with Crippen molar-refractivity contribution in [1.29, 1.82) is 0 Å². The number of carbonyl (C=O) groups is 3. The number of para-hydroxylation sites is 1. The van der Waals surface area contributed by atoms with E-state index in [-0.39, 0.29) is 17.0 Å². The number of primary amides is 1. The van der Waals surface area contributed by atoms with Gasteiger partial charge in [0, 0.05) is 35.8 Å². The predicted molar refractivity (Wildman–Crippen MR) is 126 cm³/mol. The molecule has 2 aromatic carbocycles. The number of hydrogen-bond donors (Lipinski definition) is 3. The highest BCUT2D eigenvalue weighted by molar-refractivity contribution is 6.19. The SMILES string of the molecule is NC(=O)[C@@H](CCC(F)(F)F)[C@@H](CCC(F)(F)F)C(=O)N[C@H]1N=C(c2cccc(F)c2)c2ccccc2NC1=O. The molecule has 0 unspecified atom stereocenters. The molecule has 0 aliphatic carbocycles. The van der Waals surface area contributed by atoms with Gasteiger partial charge in [0.05, 0.1) is 11.4 Å². The molecule has 2 aromatic rings. The lowest BCUT2D eigenvalue weighted by Crippen LogP contribution is -2.48. The van der Waals surface area contributed by atoms with Gasteiger partial charge in [0.1, 0.15) is 5.82 Å². The monoisotopic (exact) mass is 560 g/mol. The van der Waals surface area contributed by atoms with E-state index >= 15 is 0 Å². The highest BCUT2D eigenvalue weighted by Crippen LogP contribution is 2.33. The molecule has 1 aliphatic heterocycles. The van der Waals surface area contributed by atoms with Crippen LogP contribution in [0.2, 0.25) is 0 Å². The van der Waals surface area contributed by atoms with E-state index in [0.717, 1.165) is 12.1 Å².